The van der Waals surface area contributed by atoms with Gasteiger partial charge >= 0.3 is 12.1 Å². The zero-order chi connectivity index (χ0) is 24.8. The van der Waals surface area contributed by atoms with Crippen LogP contribution < -0.4 is 0 Å². The molecule has 0 fully saturated rings. The van der Waals surface area contributed by atoms with E-state index in [-0.39, 0.29) is 4.34 Å². The maximum absolute atomic E-state index is 13.5. The fourth-order valence-electron chi connectivity index (χ4n) is 3.66. The van der Waals surface area contributed by atoms with Gasteiger partial charge in [0.2, 0.25) is 5.60 Å². The van der Waals surface area contributed by atoms with E-state index in [1.54, 1.807) is 6.07 Å². The molecule has 0 amide bonds. The Bertz CT molecular complexity index is 1550. The molecule has 0 saturated carbocycles. The molecule has 0 aliphatic rings. The van der Waals surface area contributed by atoms with Crippen LogP contribution in [0.5, 0.6) is 0 Å². The van der Waals surface area contributed by atoms with Crippen LogP contribution in [0.2, 0.25) is 0 Å². The summed E-state index contributed by atoms with van der Waals surface area (Å²) in [6.07, 6.45) is -5.79. The Balaban J connectivity index is 1.49. The molecule has 2 N–H and O–H groups in total. The van der Waals surface area contributed by atoms with Gasteiger partial charge in [0.05, 0.1) is 16.8 Å². The van der Waals surface area contributed by atoms with Crippen molar-refractivity contribution in [1.82, 2.24) is 19.6 Å². The van der Waals surface area contributed by atoms with Crippen LogP contribution in [0.15, 0.2) is 76.1 Å². The second-order valence-electron chi connectivity index (χ2n) is 7.66. The fourth-order valence-corrected chi connectivity index (χ4v) is 5.77. The van der Waals surface area contributed by atoms with E-state index >= 15 is 0 Å². The SMILES string of the molecule is O=C(O)CC(O)(c1cnc(Sc2ccc3c(ccc4nnc(-c5ccccc5)n43)c2)s1)C(F)(F)F. The van der Waals surface area contributed by atoms with Crippen molar-refractivity contribution in [3.63, 3.8) is 0 Å². The Labute approximate surface area is 203 Å². The lowest BCUT2D eigenvalue weighted by Crippen LogP contribution is -2.43. The normalized spacial score (nSPS) is 13.8. The molecule has 35 heavy (non-hydrogen) atoms. The Hall–Kier alpha value is -3.48. The summed E-state index contributed by atoms with van der Waals surface area (Å²) in [5.41, 5.74) is -1.08. The quantitative estimate of drug-likeness (QED) is 0.312. The third kappa shape index (κ3) is 4.24. The minimum atomic E-state index is -5.16. The highest BCUT2D eigenvalue weighted by Gasteiger charge is 2.57. The average molecular weight is 517 g/mol. The molecule has 0 aliphatic carbocycles. The summed E-state index contributed by atoms with van der Waals surface area (Å²) in [5.74, 6) is -1.09. The third-order valence-electron chi connectivity index (χ3n) is 5.35. The first-order valence-corrected chi connectivity index (χ1v) is 11.8. The Morgan fingerprint density at radius 3 is 2.54 bits per heavy atom. The van der Waals surface area contributed by atoms with Crippen molar-refractivity contribution in [2.75, 3.05) is 0 Å². The molecule has 178 valence electrons. The first-order chi connectivity index (χ1) is 16.7. The molecule has 2 aromatic carbocycles. The molecular formula is C23H15F3N4O3S2. The number of benzene rings is 2. The van der Waals surface area contributed by atoms with E-state index in [1.807, 2.05) is 59.0 Å². The second-order valence-corrected chi connectivity index (χ2v) is 10.0. The zero-order valence-electron chi connectivity index (χ0n) is 17.6. The van der Waals surface area contributed by atoms with Crippen molar-refractivity contribution in [2.45, 2.75) is 27.4 Å². The minimum Gasteiger partial charge on any atom is -0.481 e. The van der Waals surface area contributed by atoms with Gasteiger partial charge in [0.15, 0.2) is 15.8 Å². The summed E-state index contributed by atoms with van der Waals surface area (Å²) >= 11 is 1.72. The van der Waals surface area contributed by atoms with Crippen LogP contribution >= 0.6 is 23.1 Å². The van der Waals surface area contributed by atoms with Crippen molar-refractivity contribution in [1.29, 1.82) is 0 Å². The number of alkyl halides is 3. The van der Waals surface area contributed by atoms with Gasteiger partial charge in [0.25, 0.3) is 0 Å². The molecule has 5 rings (SSSR count). The molecule has 0 bridgehead atoms. The van der Waals surface area contributed by atoms with Gasteiger partial charge in [-0.3, -0.25) is 9.20 Å². The Morgan fingerprint density at radius 2 is 1.83 bits per heavy atom. The maximum Gasteiger partial charge on any atom is 0.422 e. The lowest BCUT2D eigenvalue weighted by Gasteiger charge is -2.27. The van der Waals surface area contributed by atoms with E-state index in [4.69, 9.17) is 5.11 Å². The number of fused-ring (bicyclic) bond motifs is 3. The second kappa shape index (κ2) is 8.63. The number of carboxylic acids is 1. The molecule has 12 heteroatoms. The van der Waals surface area contributed by atoms with Crippen LogP contribution in [0.25, 0.3) is 27.9 Å². The number of aliphatic hydroxyl groups is 1. The molecule has 3 heterocycles. The standard InChI is InChI=1S/C23H15F3N4O3S2/c24-23(25,26)22(33,11-19(31)32)17-12-27-21(35-17)34-15-7-8-16-14(10-15)6-9-18-28-29-20(30(16)18)13-4-2-1-3-5-13/h1-10,12,33H,11H2,(H,31,32). The summed E-state index contributed by atoms with van der Waals surface area (Å²) in [6.45, 7) is 0. The third-order valence-corrected chi connectivity index (χ3v) is 7.56. The molecule has 7 nitrogen and oxygen atoms in total. The zero-order valence-corrected chi connectivity index (χ0v) is 19.2. The Morgan fingerprint density at radius 1 is 1.06 bits per heavy atom. The topological polar surface area (TPSA) is 101 Å². The van der Waals surface area contributed by atoms with Gasteiger partial charge in [0, 0.05) is 16.7 Å². The van der Waals surface area contributed by atoms with Crippen LogP contribution in [0.4, 0.5) is 13.2 Å². The Kier molecular flexibility index (Phi) is 5.74. The monoisotopic (exact) mass is 516 g/mol. The van der Waals surface area contributed by atoms with E-state index in [2.05, 4.69) is 15.2 Å². The predicted octanol–water partition coefficient (Wildman–Crippen LogP) is 5.38. The summed E-state index contributed by atoms with van der Waals surface area (Å²) in [4.78, 5) is 15.1. The minimum absolute atomic E-state index is 0.239. The first-order valence-electron chi connectivity index (χ1n) is 10.1. The largest absolute Gasteiger partial charge is 0.481 e. The number of rotatable bonds is 6. The highest BCUT2D eigenvalue weighted by Crippen LogP contribution is 2.45. The number of hydrogen-bond donors (Lipinski definition) is 2. The van der Waals surface area contributed by atoms with E-state index in [0.717, 1.165) is 34.4 Å². The van der Waals surface area contributed by atoms with Crippen LogP contribution in [-0.2, 0) is 10.4 Å². The molecule has 1 atom stereocenters. The lowest BCUT2D eigenvalue weighted by molar-refractivity contribution is -0.267. The molecular weight excluding hydrogens is 501 g/mol. The van der Waals surface area contributed by atoms with Crippen molar-refractivity contribution in [2.24, 2.45) is 0 Å². The summed E-state index contributed by atoms with van der Waals surface area (Å²) in [7, 11) is 0. The average Bonchev–Trinajstić information content (AvgIpc) is 3.46. The van der Waals surface area contributed by atoms with Crippen molar-refractivity contribution in [3.05, 3.63) is 71.7 Å². The lowest BCUT2D eigenvalue weighted by atomic mass is 9.98. The molecule has 1 unspecified atom stereocenters. The number of hydrogen-bond acceptors (Lipinski definition) is 7. The van der Waals surface area contributed by atoms with Crippen molar-refractivity contribution in [3.8, 4) is 11.4 Å². The number of aliphatic carboxylic acids is 1. The highest BCUT2D eigenvalue weighted by molar-refractivity contribution is 8.01. The number of halogens is 3. The summed E-state index contributed by atoms with van der Waals surface area (Å²) < 4.78 is 42.6. The molecule has 5 aromatic rings. The van der Waals surface area contributed by atoms with Crippen LogP contribution in [-0.4, -0.2) is 41.9 Å². The van der Waals surface area contributed by atoms with E-state index in [1.165, 1.54) is 0 Å². The van der Waals surface area contributed by atoms with Gasteiger partial charge in [0.1, 0.15) is 0 Å². The van der Waals surface area contributed by atoms with Gasteiger partial charge in [-0.15, -0.1) is 21.5 Å². The van der Waals surface area contributed by atoms with Gasteiger partial charge in [-0.1, -0.05) is 42.1 Å². The van der Waals surface area contributed by atoms with Crippen molar-refractivity contribution >= 4 is 45.6 Å². The molecule has 0 spiro atoms. The van der Waals surface area contributed by atoms with E-state index in [0.29, 0.717) is 27.7 Å². The van der Waals surface area contributed by atoms with Gasteiger partial charge in [-0.05, 0) is 35.7 Å². The van der Waals surface area contributed by atoms with Gasteiger partial charge in [-0.25, -0.2) is 4.98 Å². The van der Waals surface area contributed by atoms with E-state index < -0.39 is 29.0 Å². The number of aromatic nitrogens is 4. The van der Waals surface area contributed by atoms with Crippen LogP contribution in [0.3, 0.4) is 0 Å². The number of pyridine rings is 1. The molecule has 0 radical (unpaired) electrons. The number of nitrogens with zero attached hydrogens (tertiary/aromatic N) is 4. The number of thiazole rings is 1. The van der Waals surface area contributed by atoms with Crippen LogP contribution in [0.1, 0.15) is 11.3 Å². The molecule has 3 aromatic heterocycles. The summed E-state index contributed by atoms with van der Waals surface area (Å²) in [5, 5.41) is 28.4. The molecule has 0 saturated heterocycles. The highest BCUT2D eigenvalue weighted by atomic mass is 32.2. The van der Waals surface area contributed by atoms with E-state index in [9.17, 15) is 23.1 Å². The predicted molar refractivity (Wildman–Crippen MR) is 124 cm³/mol. The smallest absolute Gasteiger partial charge is 0.422 e. The van der Waals surface area contributed by atoms with Gasteiger partial charge in [-0.2, -0.15) is 13.2 Å². The number of carboxylic acid groups (broad SMARTS) is 1. The first kappa shape index (κ1) is 23.3. The molecule has 0 aliphatic heterocycles. The summed E-state index contributed by atoms with van der Waals surface area (Å²) in [6, 6.07) is 18.8. The maximum atomic E-state index is 13.5. The van der Waals surface area contributed by atoms with Crippen molar-refractivity contribution < 1.29 is 28.2 Å². The fraction of sp³-hybridized carbons (Fsp3) is 0.130. The van der Waals surface area contributed by atoms with Gasteiger partial charge < -0.3 is 10.2 Å². The number of carbonyl (C=O) groups is 1. The van der Waals surface area contributed by atoms with Crippen LogP contribution in [0, 0.1) is 0 Å².